The summed E-state index contributed by atoms with van der Waals surface area (Å²) >= 11 is 0. The van der Waals surface area contributed by atoms with E-state index in [-0.39, 0.29) is 23.7 Å². The topological polar surface area (TPSA) is 62.0 Å². The van der Waals surface area contributed by atoms with Gasteiger partial charge < -0.3 is 10.3 Å². The fraction of sp³-hybridized carbons (Fsp3) is 0.238. The van der Waals surface area contributed by atoms with Gasteiger partial charge in [-0.1, -0.05) is 29.8 Å². The maximum atomic E-state index is 13.5. The van der Waals surface area contributed by atoms with Crippen LogP contribution >= 0.6 is 0 Å². The van der Waals surface area contributed by atoms with E-state index in [0.717, 1.165) is 16.5 Å². The summed E-state index contributed by atoms with van der Waals surface area (Å²) in [6.45, 7) is 2.36. The zero-order valence-electron chi connectivity index (χ0n) is 14.6. The lowest BCUT2D eigenvalue weighted by atomic mass is 10.1. The highest BCUT2D eigenvalue weighted by molar-refractivity contribution is 5.80. The third kappa shape index (κ3) is 4.36. The van der Waals surface area contributed by atoms with E-state index in [4.69, 9.17) is 0 Å². The highest BCUT2D eigenvalue weighted by atomic mass is 19.1. The fourth-order valence-electron chi connectivity index (χ4n) is 2.93. The van der Waals surface area contributed by atoms with Gasteiger partial charge in [-0.2, -0.15) is 0 Å². The Morgan fingerprint density at radius 3 is 2.69 bits per heavy atom. The number of halogens is 1. The maximum absolute atomic E-state index is 13.5. The van der Waals surface area contributed by atoms with Crippen molar-refractivity contribution in [2.45, 2.75) is 26.2 Å². The van der Waals surface area contributed by atoms with E-state index in [1.165, 1.54) is 6.07 Å². The van der Waals surface area contributed by atoms with Gasteiger partial charge in [0.2, 0.25) is 5.91 Å². The summed E-state index contributed by atoms with van der Waals surface area (Å²) in [5, 5.41) is 3.73. The summed E-state index contributed by atoms with van der Waals surface area (Å²) in [5.74, 6) is -0.412. The molecule has 26 heavy (non-hydrogen) atoms. The average Bonchev–Trinajstić information content (AvgIpc) is 2.62. The second kappa shape index (κ2) is 7.95. The largest absolute Gasteiger partial charge is 0.356 e. The third-order valence-electron chi connectivity index (χ3n) is 4.37. The lowest BCUT2D eigenvalue weighted by Crippen LogP contribution is -2.26. The van der Waals surface area contributed by atoms with Gasteiger partial charge in [-0.25, -0.2) is 4.39 Å². The summed E-state index contributed by atoms with van der Waals surface area (Å²) < 4.78 is 13.5. The molecular weight excluding hydrogens is 331 g/mol. The van der Waals surface area contributed by atoms with Gasteiger partial charge in [0.25, 0.3) is 5.56 Å². The number of H-pyrrole nitrogens is 1. The molecule has 1 aromatic heterocycles. The Bertz CT molecular complexity index is 995. The van der Waals surface area contributed by atoms with Crippen molar-refractivity contribution in [1.29, 1.82) is 0 Å². The molecule has 134 valence electrons. The first-order valence-electron chi connectivity index (χ1n) is 8.65. The number of aromatic amines is 1. The molecule has 0 aliphatic carbocycles. The number of fused-ring (bicyclic) bond motifs is 1. The minimum Gasteiger partial charge on any atom is -0.356 e. The maximum Gasteiger partial charge on any atom is 0.251 e. The second-order valence-electron chi connectivity index (χ2n) is 6.41. The van der Waals surface area contributed by atoms with Crippen molar-refractivity contribution in [3.63, 3.8) is 0 Å². The van der Waals surface area contributed by atoms with Crippen molar-refractivity contribution in [2.24, 2.45) is 0 Å². The number of rotatable bonds is 6. The third-order valence-corrected chi connectivity index (χ3v) is 4.37. The first-order valence-corrected chi connectivity index (χ1v) is 8.65. The highest BCUT2D eigenvalue weighted by Crippen LogP contribution is 2.14. The molecule has 0 unspecified atom stereocenters. The Hall–Kier alpha value is -2.95. The van der Waals surface area contributed by atoms with E-state index < -0.39 is 0 Å². The van der Waals surface area contributed by atoms with Crippen LogP contribution in [0, 0.1) is 12.7 Å². The van der Waals surface area contributed by atoms with Crippen molar-refractivity contribution < 1.29 is 9.18 Å². The van der Waals surface area contributed by atoms with Crippen molar-refractivity contribution in [3.8, 4) is 0 Å². The van der Waals surface area contributed by atoms with Crippen molar-refractivity contribution in [1.82, 2.24) is 10.3 Å². The van der Waals surface area contributed by atoms with E-state index >= 15 is 0 Å². The lowest BCUT2D eigenvalue weighted by Gasteiger charge is -2.07. The molecule has 2 N–H and O–H groups in total. The van der Waals surface area contributed by atoms with E-state index in [9.17, 15) is 14.0 Å². The summed E-state index contributed by atoms with van der Waals surface area (Å²) in [7, 11) is 0. The number of pyridine rings is 1. The Morgan fingerprint density at radius 1 is 1.08 bits per heavy atom. The first-order chi connectivity index (χ1) is 12.5. The lowest BCUT2D eigenvalue weighted by molar-refractivity contribution is -0.121. The standard InChI is InChI=1S/C21H21FN2O2/c1-14-6-8-19-17(12-14)13-16(21(26)24-19)7-9-20(25)23-11-10-15-4-2-3-5-18(15)22/h2-6,8,12-13H,7,9-11H2,1H3,(H,23,25)(H,24,26). The molecule has 5 heteroatoms. The van der Waals surface area contributed by atoms with Gasteiger partial charge in [0, 0.05) is 24.0 Å². The van der Waals surface area contributed by atoms with Gasteiger partial charge in [-0.05, 0) is 55.0 Å². The molecule has 0 aliphatic rings. The van der Waals surface area contributed by atoms with E-state index in [0.29, 0.717) is 30.5 Å². The molecule has 0 atom stereocenters. The fourth-order valence-corrected chi connectivity index (χ4v) is 2.93. The summed E-state index contributed by atoms with van der Waals surface area (Å²) in [5.41, 5.74) is 2.90. The summed E-state index contributed by atoms with van der Waals surface area (Å²) in [4.78, 5) is 27.0. The van der Waals surface area contributed by atoms with Crippen LogP contribution < -0.4 is 10.9 Å². The highest BCUT2D eigenvalue weighted by Gasteiger charge is 2.08. The quantitative estimate of drug-likeness (QED) is 0.715. The normalized spacial score (nSPS) is 10.8. The van der Waals surface area contributed by atoms with E-state index in [1.807, 2.05) is 31.2 Å². The molecule has 4 nitrogen and oxygen atoms in total. The number of carbonyl (C=O) groups excluding carboxylic acids is 1. The van der Waals surface area contributed by atoms with Crippen LogP contribution in [0.4, 0.5) is 4.39 Å². The van der Waals surface area contributed by atoms with Crippen LogP contribution in [-0.2, 0) is 17.6 Å². The van der Waals surface area contributed by atoms with Crippen LogP contribution in [0.15, 0.2) is 53.3 Å². The van der Waals surface area contributed by atoms with Crippen molar-refractivity contribution >= 4 is 16.8 Å². The van der Waals surface area contributed by atoms with E-state index in [1.54, 1.807) is 18.2 Å². The number of aromatic nitrogens is 1. The van der Waals surface area contributed by atoms with Crippen LogP contribution in [0.1, 0.15) is 23.1 Å². The smallest absolute Gasteiger partial charge is 0.251 e. The molecule has 0 aliphatic heterocycles. The molecule has 0 spiro atoms. The monoisotopic (exact) mass is 352 g/mol. The molecule has 1 amide bonds. The number of hydrogen-bond donors (Lipinski definition) is 2. The van der Waals surface area contributed by atoms with Crippen LogP contribution in [0.25, 0.3) is 10.9 Å². The SMILES string of the molecule is Cc1ccc2[nH]c(=O)c(CCC(=O)NCCc3ccccc3F)cc2c1. The van der Waals surface area contributed by atoms with Gasteiger partial charge in [0.15, 0.2) is 0 Å². The average molecular weight is 352 g/mol. The zero-order valence-corrected chi connectivity index (χ0v) is 14.6. The van der Waals surface area contributed by atoms with Gasteiger partial charge in [-0.3, -0.25) is 9.59 Å². The molecule has 2 aromatic carbocycles. The predicted octanol–water partition coefficient (Wildman–Crippen LogP) is 3.27. The van der Waals surface area contributed by atoms with Crippen LogP contribution in [0.3, 0.4) is 0 Å². The molecule has 0 saturated carbocycles. The number of benzene rings is 2. The van der Waals surface area contributed by atoms with Gasteiger partial charge in [-0.15, -0.1) is 0 Å². The zero-order chi connectivity index (χ0) is 18.5. The Morgan fingerprint density at radius 2 is 1.88 bits per heavy atom. The molecule has 3 aromatic rings. The van der Waals surface area contributed by atoms with Gasteiger partial charge in [0.1, 0.15) is 5.82 Å². The van der Waals surface area contributed by atoms with Gasteiger partial charge >= 0.3 is 0 Å². The minimum absolute atomic E-state index is 0.148. The Balaban J connectivity index is 1.56. The number of aryl methyl sites for hydroxylation is 2. The van der Waals surface area contributed by atoms with Crippen LogP contribution in [-0.4, -0.2) is 17.4 Å². The summed E-state index contributed by atoms with van der Waals surface area (Å²) in [6.07, 6.45) is 1.02. The molecule has 0 radical (unpaired) electrons. The molecule has 0 fully saturated rings. The van der Waals surface area contributed by atoms with Gasteiger partial charge in [0.05, 0.1) is 0 Å². The first kappa shape index (κ1) is 17.9. The predicted molar refractivity (Wildman–Crippen MR) is 101 cm³/mol. The minimum atomic E-state index is -0.264. The molecular formula is C21H21FN2O2. The molecule has 0 bridgehead atoms. The Kier molecular flexibility index (Phi) is 5.46. The van der Waals surface area contributed by atoms with Crippen LogP contribution in [0.5, 0.6) is 0 Å². The van der Waals surface area contributed by atoms with Crippen LogP contribution in [0.2, 0.25) is 0 Å². The summed E-state index contributed by atoms with van der Waals surface area (Å²) in [6, 6.07) is 14.2. The second-order valence-corrected chi connectivity index (χ2v) is 6.41. The Labute approximate surface area is 151 Å². The number of amides is 1. The molecule has 1 heterocycles. The van der Waals surface area contributed by atoms with Crippen molar-refractivity contribution in [3.05, 3.63) is 81.4 Å². The van der Waals surface area contributed by atoms with Crippen molar-refractivity contribution in [2.75, 3.05) is 6.54 Å². The number of hydrogen-bond acceptors (Lipinski definition) is 2. The number of nitrogens with one attached hydrogen (secondary N) is 2. The molecule has 0 saturated heterocycles. The van der Waals surface area contributed by atoms with E-state index in [2.05, 4.69) is 10.3 Å². The number of carbonyl (C=O) groups is 1. The molecule has 3 rings (SSSR count).